The van der Waals surface area contributed by atoms with Crippen LogP contribution in [-0.4, -0.2) is 37.5 Å². The molecule has 18 heavy (non-hydrogen) atoms. The van der Waals surface area contributed by atoms with E-state index >= 15 is 0 Å². The Morgan fingerprint density at radius 3 is 2.94 bits per heavy atom. The van der Waals surface area contributed by atoms with Gasteiger partial charge < -0.3 is 20.5 Å². The zero-order chi connectivity index (χ0) is 13.0. The van der Waals surface area contributed by atoms with Crippen LogP contribution in [0.4, 0.5) is 11.5 Å². The van der Waals surface area contributed by atoms with Crippen molar-refractivity contribution in [2.24, 2.45) is 0 Å². The van der Waals surface area contributed by atoms with Crippen LogP contribution in [0.3, 0.4) is 0 Å². The van der Waals surface area contributed by atoms with Gasteiger partial charge in [0, 0.05) is 50.4 Å². The van der Waals surface area contributed by atoms with Crippen molar-refractivity contribution >= 4 is 27.4 Å². The first-order chi connectivity index (χ1) is 8.65. The molecular formula is C12H18BrN3O2. The SMILES string of the molecule is COC1(CNc2cc(Br)cnc2N)CCOCC1. The number of nitrogen functional groups attached to an aromatic ring is 1. The Morgan fingerprint density at radius 2 is 2.28 bits per heavy atom. The van der Waals surface area contributed by atoms with E-state index in [0.29, 0.717) is 12.4 Å². The Hall–Kier alpha value is -0.850. The zero-order valence-corrected chi connectivity index (χ0v) is 12.0. The number of nitrogens with two attached hydrogens (primary N) is 1. The number of methoxy groups -OCH3 is 1. The van der Waals surface area contributed by atoms with Gasteiger partial charge >= 0.3 is 0 Å². The molecule has 1 aromatic heterocycles. The second-order valence-electron chi connectivity index (χ2n) is 4.44. The monoisotopic (exact) mass is 315 g/mol. The molecule has 2 rings (SSSR count). The first kappa shape index (κ1) is 13.6. The molecule has 6 heteroatoms. The largest absolute Gasteiger partial charge is 0.382 e. The van der Waals surface area contributed by atoms with Crippen LogP contribution < -0.4 is 11.1 Å². The van der Waals surface area contributed by atoms with Gasteiger partial charge in [-0.25, -0.2) is 4.98 Å². The molecule has 0 aliphatic carbocycles. The van der Waals surface area contributed by atoms with Gasteiger partial charge in [0.2, 0.25) is 0 Å². The van der Waals surface area contributed by atoms with Crippen molar-refractivity contribution in [1.29, 1.82) is 0 Å². The minimum atomic E-state index is -0.174. The first-order valence-corrected chi connectivity index (χ1v) is 6.72. The number of nitrogens with one attached hydrogen (secondary N) is 1. The molecule has 0 amide bonds. The van der Waals surface area contributed by atoms with Crippen LogP contribution in [0.15, 0.2) is 16.7 Å². The van der Waals surface area contributed by atoms with E-state index in [2.05, 4.69) is 26.2 Å². The number of hydrogen-bond acceptors (Lipinski definition) is 5. The number of aromatic nitrogens is 1. The minimum Gasteiger partial charge on any atom is -0.382 e. The van der Waals surface area contributed by atoms with Gasteiger partial charge in [-0.3, -0.25) is 0 Å². The van der Waals surface area contributed by atoms with Crippen LogP contribution >= 0.6 is 15.9 Å². The molecule has 5 nitrogen and oxygen atoms in total. The van der Waals surface area contributed by atoms with Gasteiger partial charge in [0.05, 0.1) is 11.3 Å². The maximum Gasteiger partial charge on any atom is 0.146 e. The summed E-state index contributed by atoms with van der Waals surface area (Å²) >= 11 is 3.38. The molecule has 1 fully saturated rings. The summed E-state index contributed by atoms with van der Waals surface area (Å²) in [5, 5.41) is 3.32. The van der Waals surface area contributed by atoms with Gasteiger partial charge in [-0.05, 0) is 22.0 Å². The van der Waals surface area contributed by atoms with Crippen LogP contribution in [0.25, 0.3) is 0 Å². The third-order valence-corrected chi connectivity index (χ3v) is 3.76. The fraction of sp³-hybridized carbons (Fsp3) is 0.583. The highest BCUT2D eigenvalue weighted by Gasteiger charge is 2.32. The molecule has 1 aliphatic heterocycles. The fourth-order valence-corrected chi connectivity index (χ4v) is 2.38. The highest BCUT2D eigenvalue weighted by atomic mass is 79.9. The molecule has 100 valence electrons. The maximum absolute atomic E-state index is 5.83. The summed E-state index contributed by atoms with van der Waals surface area (Å²) in [6.45, 7) is 2.18. The number of hydrogen-bond donors (Lipinski definition) is 2. The summed E-state index contributed by atoms with van der Waals surface area (Å²) in [6, 6.07) is 1.92. The van der Waals surface area contributed by atoms with Gasteiger partial charge in [-0.1, -0.05) is 0 Å². The van der Waals surface area contributed by atoms with E-state index < -0.39 is 0 Å². The predicted molar refractivity (Wildman–Crippen MR) is 74.6 cm³/mol. The van der Waals surface area contributed by atoms with E-state index in [9.17, 15) is 0 Å². The average molecular weight is 316 g/mol. The Bertz CT molecular complexity index is 408. The molecule has 2 heterocycles. The minimum absolute atomic E-state index is 0.174. The number of anilines is 2. The molecule has 0 spiro atoms. The molecular weight excluding hydrogens is 298 g/mol. The summed E-state index contributed by atoms with van der Waals surface area (Å²) in [5.74, 6) is 0.497. The van der Waals surface area contributed by atoms with Crippen molar-refractivity contribution in [1.82, 2.24) is 4.98 Å². The van der Waals surface area contributed by atoms with Crippen LogP contribution in [-0.2, 0) is 9.47 Å². The zero-order valence-electron chi connectivity index (χ0n) is 10.4. The van der Waals surface area contributed by atoms with Crippen molar-refractivity contribution < 1.29 is 9.47 Å². The predicted octanol–water partition coefficient (Wildman–Crippen LogP) is 2.03. The third kappa shape index (κ3) is 3.13. The molecule has 0 unspecified atom stereocenters. The number of rotatable bonds is 4. The van der Waals surface area contributed by atoms with E-state index in [-0.39, 0.29) is 5.60 Å². The van der Waals surface area contributed by atoms with E-state index in [1.54, 1.807) is 13.3 Å². The highest BCUT2D eigenvalue weighted by Crippen LogP contribution is 2.27. The summed E-state index contributed by atoms with van der Waals surface area (Å²) in [6.07, 6.45) is 3.46. The maximum atomic E-state index is 5.83. The topological polar surface area (TPSA) is 69.4 Å². The fourth-order valence-electron chi connectivity index (χ4n) is 2.04. The lowest BCUT2D eigenvalue weighted by molar-refractivity contribution is -0.0807. The lowest BCUT2D eigenvalue weighted by atomic mass is 9.94. The molecule has 1 aromatic rings. The number of pyridine rings is 1. The van der Waals surface area contributed by atoms with Crippen LogP contribution in [0, 0.1) is 0 Å². The number of nitrogens with zero attached hydrogens (tertiary/aromatic N) is 1. The number of halogens is 1. The molecule has 3 N–H and O–H groups in total. The van der Waals surface area contributed by atoms with Crippen LogP contribution in [0.1, 0.15) is 12.8 Å². The summed E-state index contributed by atoms with van der Waals surface area (Å²) in [4.78, 5) is 4.09. The van der Waals surface area contributed by atoms with Crippen LogP contribution in [0.2, 0.25) is 0 Å². The lowest BCUT2D eigenvalue weighted by Crippen LogP contribution is -2.44. The second kappa shape index (κ2) is 5.86. The first-order valence-electron chi connectivity index (χ1n) is 5.93. The molecule has 1 aliphatic rings. The van der Waals surface area contributed by atoms with E-state index in [1.807, 2.05) is 6.07 Å². The Labute approximate surface area is 115 Å². The summed E-state index contributed by atoms with van der Waals surface area (Å²) in [7, 11) is 1.75. The molecule has 0 aromatic carbocycles. The van der Waals surface area contributed by atoms with Crippen molar-refractivity contribution in [2.45, 2.75) is 18.4 Å². The molecule has 0 bridgehead atoms. The van der Waals surface area contributed by atoms with E-state index in [1.165, 1.54) is 0 Å². The Kier molecular flexibility index (Phi) is 4.42. The van der Waals surface area contributed by atoms with Gasteiger partial charge in [0.25, 0.3) is 0 Å². The van der Waals surface area contributed by atoms with Gasteiger partial charge in [-0.15, -0.1) is 0 Å². The lowest BCUT2D eigenvalue weighted by Gasteiger charge is -2.36. The highest BCUT2D eigenvalue weighted by molar-refractivity contribution is 9.10. The molecule has 0 saturated carbocycles. The van der Waals surface area contributed by atoms with Gasteiger partial charge in [-0.2, -0.15) is 0 Å². The molecule has 0 atom stereocenters. The van der Waals surface area contributed by atoms with Crippen LogP contribution in [0.5, 0.6) is 0 Å². The van der Waals surface area contributed by atoms with Crippen molar-refractivity contribution in [3.05, 3.63) is 16.7 Å². The third-order valence-electron chi connectivity index (χ3n) is 3.32. The van der Waals surface area contributed by atoms with E-state index in [4.69, 9.17) is 15.2 Å². The summed E-state index contributed by atoms with van der Waals surface area (Å²) in [5.41, 5.74) is 6.48. The van der Waals surface area contributed by atoms with Crippen molar-refractivity contribution in [3.8, 4) is 0 Å². The average Bonchev–Trinajstić information content (AvgIpc) is 2.41. The van der Waals surface area contributed by atoms with Crippen molar-refractivity contribution in [2.75, 3.05) is 37.9 Å². The Balaban J connectivity index is 2.03. The Morgan fingerprint density at radius 1 is 1.56 bits per heavy atom. The van der Waals surface area contributed by atoms with E-state index in [0.717, 1.165) is 36.2 Å². The van der Waals surface area contributed by atoms with Gasteiger partial charge in [0.1, 0.15) is 5.82 Å². The standard InChI is InChI=1S/C12H18BrN3O2/c1-17-12(2-4-18-5-3-12)8-16-10-6-9(13)7-15-11(10)14/h6-7,16H,2-5,8H2,1H3,(H2,14,15). The normalized spacial score (nSPS) is 18.6. The smallest absolute Gasteiger partial charge is 0.146 e. The number of ether oxygens (including phenoxy) is 2. The second-order valence-corrected chi connectivity index (χ2v) is 5.36. The van der Waals surface area contributed by atoms with Gasteiger partial charge in [0.15, 0.2) is 0 Å². The van der Waals surface area contributed by atoms with Crippen molar-refractivity contribution in [3.63, 3.8) is 0 Å². The molecule has 0 radical (unpaired) electrons. The molecule has 1 saturated heterocycles. The quantitative estimate of drug-likeness (QED) is 0.889. The summed E-state index contributed by atoms with van der Waals surface area (Å²) < 4.78 is 11.9.